The summed E-state index contributed by atoms with van der Waals surface area (Å²) in [6.07, 6.45) is 3.98. The standard InChI is InChI=1S/C26H31N3O5/c1-18(6-3-4-13-30)26(33)22-15-21(34-2)9-10-23(22)29(25(26)32)17-19-7-5-8-20(14-19)28-12-11-27-16-24(28)31/h3,5-10,14-15,18,27,30,33H,4,11-13,16-17H2,1-2H3/b6-3+/t18-,26+/m0/s1. The van der Waals surface area contributed by atoms with E-state index in [1.54, 1.807) is 54.2 Å². The van der Waals surface area contributed by atoms with Crippen molar-refractivity contribution in [2.24, 2.45) is 5.92 Å². The zero-order valence-electron chi connectivity index (χ0n) is 19.5. The Bertz CT molecular complexity index is 1100. The first kappa shape index (κ1) is 23.9. The second-order valence-electron chi connectivity index (χ2n) is 8.66. The highest BCUT2D eigenvalue weighted by atomic mass is 16.5. The molecule has 1 fully saturated rings. The first-order valence-electron chi connectivity index (χ1n) is 11.5. The lowest BCUT2D eigenvalue weighted by Crippen LogP contribution is -2.48. The van der Waals surface area contributed by atoms with Gasteiger partial charge in [-0.15, -0.1) is 0 Å². The molecule has 2 atom stereocenters. The molecule has 3 N–H and O–H groups in total. The number of piperazine rings is 1. The van der Waals surface area contributed by atoms with Crippen molar-refractivity contribution >= 4 is 23.2 Å². The minimum Gasteiger partial charge on any atom is -0.497 e. The molecule has 2 aliphatic heterocycles. The molecule has 0 aromatic heterocycles. The van der Waals surface area contributed by atoms with Crippen molar-refractivity contribution in [3.8, 4) is 5.75 Å². The summed E-state index contributed by atoms with van der Waals surface area (Å²) in [6.45, 7) is 3.66. The first-order valence-corrected chi connectivity index (χ1v) is 11.5. The van der Waals surface area contributed by atoms with Gasteiger partial charge in [-0.25, -0.2) is 0 Å². The number of hydrogen-bond acceptors (Lipinski definition) is 6. The number of carbonyl (C=O) groups is 2. The van der Waals surface area contributed by atoms with Crippen LogP contribution in [0.3, 0.4) is 0 Å². The molecule has 2 amide bonds. The van der Waals surface area contributed by atoms with Gasteiger partial charge in [0.1, 0.15) is 5.75 Å². The number of fused-ring (bicyclic) bond motifs is 1. The average Bonchev–Trinajstić information content (AvgIpc) is 3.06. The lowest BCUT2D eigenvalue weighted by Gasteiger charge is -2.29. The van der Waals surface area contributed by atoms with Crippen molar-refractivity contribution in [1.29, 1.82) is 0 Å². The molecule has 2 aromatic carbocycles. The third-order valence-electron chi connectivity index (χ3n) is 6.51. The lowest BCUT2D eigenvalue weighted by atomic mass is 9.83. The number of carbonyl (C=O) groups excluding carboxylic acids is 2. The fourth-order valence-electron chi connectivity index (χ4n) is 4.61. The fourth-order valence-corrected chi connectivity index (χ4v) is 4.61. The van der Waals surface area contributed by atoms with Crippen LogP contribution in [0.5, 0.6) is 5.75 Å². The normalized spacial score (nSPS) is 21.3. The summed E-state index contributed by atoms with van der Waals surface area (Å²) in [5.41, 5.74) is 1.00. The van der Waals surface area contributed by atoms with Crippen LogP contribution in [0.1, 0.15) is 24.5 Å². The van der Waals surface area contributed by atoms with Crippen LogP contribution in [0.25, 0.3) is 0 Å². The van der Waals surface area contributed by atoms with Crippen LogP contribution in [-0.2, 0) is 21.7 Å². The predicted molar refractivity (Wildman–Crippen MR) is 130 cm³/mol. The maximum atomic E-state index is 13.7. The van der Waals surface area contributed by atoms with Crippen LogP contribution in [0.15, 0.2) is 54.6 Å². The maximum absolute atomic E-state index is 13.7. The number of ether oxygens (including phenoxy) is 1. The number of hydrogen-bond donors (Lipinski definition) is 3. The molecule has 180 valence electrons. The van der Waals surface area contributed by atoms with Gasteiger partial charge in [-0.1, -0.05) is 31.2 Å². The van der Waals surface area contributed by atoms with Gasteiger partial charge >= 0.3 is 0 Å². The summed E-state index contributed by atoms with van der Waals surface area (Å²) >= 11 is 0. The van der Waals surface area contributed by atoms with Gasteiger partial charge in [0, 0.05) is 36.9 Å². The Morgan fingerprint density at radius 1 is 1.24 bits per heavy atom. The van der Waals surface area contributed by atoms with Crippen molar-refractivity contribution < 1.29 is 24.5 Å². The summed E-state index contributed by atoms with van der Waals surface area (Å²) in [7, 11) is 1.54. The molecule has 2 heterocycles. The molecule has 4 rings (SSSR count). The molecule has 34 heavy (non-hydrogen) atoms. The molecule has 0 unspecified atom stereocenters. The highest BCUT2D eigenvalue weighted by molar-refractivity contribution is 6.07. The zero-order valence-corrected chi connectivity index (χ0v) is 19.5. The van der Waals surface area contributed by atoms with Gasteiger partial charge in [0.05, 0.1) is 25.9 Å². The van der Waals surface area contributed by atoms with E-state index in [9.17, 15) is 14.7 Å². The molecule has 0 saturated carbocycles. The summed E-state index contributed by atoms with van der Waals surface area (Å²) in [6, 6.07) is 12.9. The third-order valence-corrected chi connectivity index (χ3v) is 6.51. The van der Waals surface area contributed by atoms with Gasteiger partial charge < -0.3 is 30.1 Å². The van der Waals surface area contributed by atoms with E-state index in [0.29, 0.717) is 36.5 Å². The van der Waals surface area contributed by atoms with Gasteiger partial charge in [-0.05, 0) is 42.3 Å². The predicted octanol–water partition coefficient (Wildman–Crippen LogP) is 1.94. The van der Waals surface area contributed by atoms with Crippen molar-refractivity contribution in [3.63, 3.8) is 0 Å². The van der Waals surface area contributed by atoms with Crippen LogP contribution in [0, 0.1) is 5.92 Å². The van der Waals surface area contributed by atoms with Crippen LogP contribution < -0.4 is 19.9 Å². The number of aliphatic hydroxyl groups excluding tert-OH is 1. The number of nitrogens with one attached hydrogen (secondary N) is 1. The van der Waals surface area contributed by atoms with Gasteiger partial charge in [-0.2, -0.15) is 0 Å². The van der Waals surface area contributed by atoms with E-state index in [1.807, 2.05) is 24.3 Å². The van der Waals surface area contributed by atoms with Crippen LogP contribution in [-0.4, -0.2) is 55.4 Å². The second-order valence-corrected chi connectivity index (χ2v) is 8.66. The van der Waals surface area contributed by atoms with E-state index in [0.717, 1.165) is 17.8 Å². The number of rotatable bonds is 8. The quantitative estimate of drug-likeness (QED) is 0.515. The van der Waals surface area contributed by atoms with Gasteiger partial charge in [-0.3, -0.25) is 9.59 Å². The Morgan fingerprint density at radius 3 is 2.79 bits per heavy atom. The molecule has 8 nitrogen and oxygen atoms in total. The summed E-state index contributed by atoms with van der Waals surface area (Å²) < 4.78 is 5.36. The molecule has 2 aliphatic rings. The van der Waals surface area contributed by atoms with Crippen molar-refractivity contribution in [1.82, 2.24) is 5.32 Å². The number of nitrogens with zero attached hydrogens (tertiary/aromatic N) is 2. The number of aliphatic hydroxyl groups is 2. The Balaban J connectivity index is 1.68. The Morgan fingerprint density at radius 2 is 2.06 bits per heavy atom. The minimum atomic E-state index is -1.76. The van der Waals surface area contributed by atoms with E-state index in [-0.39, 0.29) is 19.1 Å². The monoisotopic (exact) mass is 465 g/mol. The van der Waals surface area contributed by atoms with E-state index >= 15 is 0 Å². The summed E-state index contributed by atoms with van der Waals surface area (Å²) in [4.78, 5) is 29.3. The largest absolute Gasteiger partial charge is 0.497 e. The Hall–Kier alpha value is -3.20. The second kappa shape index (κ2) is 9.97. The molecule has 0 aliphatic carbocycles. The third kappa shape index (κ3) is 4.32. The number of anilines is 2. The Kier molecular flexibility index (Phi) is 7.02. The molecule has 1 saturated heterocycles. The minimum absolute atomic E-state index is 0.00193. The molecule has 0 spiro atoms. The van der Waals surface area contributed by atoms with E-state index in [2.05, 4.69) is 5.32 Å². The number of amides is 2. The smallest absolute Gasteiger partial charge is 0.264 e. The van der Waals surface area contributed by atoms with Crippen LogP contribution in [0.4, 0.5) is 11.4 Å². The van der Waals surface area contributed by atoms with E-state index in [1.165, 1.54) is 0 Å². The Labute approximate surface area is 199 Å². The summed E-state index contributed by atoms with van der Waals surface area (Å²) in [5, 5.41) is 23.9. The zero-order chi connectivity index (χ0) is 24.3. The molecule has 0 bridgehead atoms. The van der Waals surface area contributed by atoms with Crippen molar-refractivity contribution in [3.05, 3.63) is 65.7 Å². The first-order chi connectivity index (χ1) is 16.4. The molecule has 0 radical (unpaired) electrons. The average molecular weight is 466 g/mol. The fraction of sp³-hybridized carbons (Fsp3) is 0.385. The van der Waals surface area contributed by atoms with Gasteiger partial charge in [0.2, 0.25) is 5.91 Å². The van der Waals surface area contributed by atoms with Crippen molar-refractivity contribution in [2.45, 2.75) is 25.5 Å². The topological polar surface area (TPSA) is 102 Å². The summed E-state index contributed by atoms with van der Waals surface area (Å²) in [5.74, 6) is -0.374. The van der Waals surface area contributed by atoms with E-state index < -0.39 is 17.4 Å². The molecular formula is C26H31N3O5. The number of benzene rings is 2. The molecule has 8 heteroatoms. The van der Waals surface area contributed by atoms with Crippen LogP contribution >= 0.6 is 0 Å². The van der Waals surface area contributed by atoms with Gasteiger partial charge in [0.15, 0.2) is 5.60 Å². The van der Waals surface area contributed by atoms with Gasteiger partial charge in [0.25, 0.3) is 5.91 Å². The van der Waals surface area contributed by atoms with E-state index in [4.69, 9.17) is 9.84 Å². The SMILES string of the molecule is COc1ccc2c(c1)[C@](O)([C@@H](C)/C=C/CCO)C(=O)N2Cc1cccc(N2CCNCC2=O)c1. The number of methoxy groups -OCH3 is 1. The highest BCUT2D eigenvalue weighted by Crippen LogP contribution is 2.47. The highest BCUT2D eigenvalue weighted by Gasteiger charge is 2.52. The molecule has 2 aromatic rings. The van der Waals surface area contributed by atoms with Crippen molar-refractivity contribution in [2.75, 3.05) is 43.2 Å². The lowest BCUT2D eigenvalue weighted by molar-refractivity contribution is -0.139. The molecular weight excluding hydrogens is 434 g/mol. The maximum Gasteiger partial charge on any atom is 0.264 e. The van der Waals surface area contributed by atoms with Crippen LogP contribution in [0.2, 0.25) is 0 Å².